The average molecular weight is 477 g/mol. The molecule has 4 rings (SSSR count). The summed E-state index contributed by atoms with van der Waals surface area (Å²) in [6.45, 7) is 3.61. The lowest BCUT2D eigenvalue weighted by molar-refractivity contribution is -0.0927. The van der Waals surface area contributed by atoms with Gasteiger partial charge in [-0.15, -0.1) is 0 Å². The highest BCUT2D eigenvalue weighted by molar-refractivity contribution is 6.33. The molecule has 0 radical (unpaired) electrons. The van der Waals surface area contributed by atoms with E-state index < -0.39 is 11.9 Å². The first kappa shape index (κ1) is 23.3. The van der Waals surface area contributed by atoms with E-state index >= 15 is 0 Å². The minimum atomic E-state index is -4.61. The Morgan fingerprint density at radius 1 is 1.06 bits per heavy atom. The smallest absolute Gasteiger partial charge is 0.351 e. The number of rotatable bonds is 6. The number of amides is 1. The third-order valence-corrected chi connectivity index (χ3v) is 6.02. The quantitative estimate of drug-likeness (QED) is 0.646. The molecule has 1 N–H and O–H groups in total. The Kier molecular flexibility index (Phi) is 7.05. The summed E-state index contributed by atoms with van der Waals surface area (Å²) in [5.74, 6) is -0.208. The highest BCUT2D eigenvalue weighted by Crippen LogP contribution is 2.34. The number of benzene rings is 2. The Bertz CT molecular complexity index is 1060. The van der Waals surface area contributed by atoms with Gasteiger partial charge in [0.25, 0.3) is 5.91 Å². The maximum atomic E-state index is 13.5. The zero-order valence-electron chi connectivity index (χ0n) is 17.9. The summed E-state index contributed by atoms with van der Waals surface area (Å²) in [6.07, 6.45) is -1.26. The Labute approximate surface area is 195 Å². The van der Waals surface area contributed by atoms with Crippen LogP contribution in [0, 0.1) is 0 Å². The fourth-order valence-corrected chi connectivity index (χ4v) is 4.19. The third-order valence-electron chi connectivity index (χ3n) is 5.70. The predicted octanol–water partition coefficient (Wildman–Crippen LogP) is 4.88. The van der Waals surface area contributed by atoms with Gasteiger partial charge in [-0.1, -0.05) is 35.9 Å². The molecule has 0 unspecified atom stereocenters. The molecule has 0 aliphatic carbocycles. The number of nitrogens with zero attached hydrogens (tertiary/aromatic N) is 3. The second kappa shape index (κ2) is 9.97. The van der Waals surface area contributed by atoms with E-state index in [-0.39, 0.29) is 18.2 Å². The van der Waals surface area contributed by atoms with Crippen LogP contribution in [-0.2, 0) is 0 Å². The number of anilines is 1. The van der Waals surface area contributed by atoms with E-state index in [1.54, 1.807) is 48.5 Å². The number of hydrogen-bond donors (Lipinski definition) is 1. The van der Waals surface area contributed by atoms with Crippen LogP contribution in [0.25, 0.3) is 0 Å². The number of allylic oxidation sites excluding steroid dienone is 1. The van der Waals surface area contributed by atoms with Crippen LogP contribution < -0.4 is 10.2 Å². The lowest BCUT2D eigenvalue weighted by Gasteiger charge is -2.28. The Balaban J connectivity index is 1.48. The topological polar surface area (TPSA) is 47.9 Å². The molecule has 0 bridgehead atoms. The highest BCUT2D eigenvalue weighted by Gasteiger charge is 2.37. The molecule has 0 saturated carbocycles. The SMILES string of the molecule is O=C(NCCN1CCCC1)c1ccc(C2=NC(C(F)(F)F)=CN(c3ccccc3Cl)C2)cc1. The number of para-hydroxylation sites is 1. The number of hydrogen-bond acceptors (Lipinski definition) is 4. The van der Waals surface area contributed by atoms with Gasteiger partial charge in [-0.2, -0.15) is 13.2 Å². The van der Waals surface area contributed by atoms with Gasteiger partial charge in [0.1, 0.15) is 0 Å². The van der Waals surface area contributed by atoms with E-state index in [9.17, 15) is 18.0 Å². The molecule has 0 atom stereocenters. The molecule has 2 aliphatic rings. The summed E-state index contributed by atoms with van der Waals surface area (Å²) in [4.78, 5) is 20.0. The largest absolute Gasteiger partial charge is 0.434 e. The van der Waals surface area contributed by atoms with Crippen LogP contribution in [0.4, 0.5) is 18.9 Å². The van der Waals surface area contributed by atoms with Crippen molar-refractivity contribution in [2.24, 2.45) is 4.99 Å². The summed E-state index contributed by atoms with van der Waals surface area (Å²) in [6, 6.07) is 13.2. The summed E-state index contributed by atoms with van der Waals surface area (Å²) in [5, 5.41) is 3.24. The van der Waals surface area contributed by atoms with E-state index in [0.29, 0.717) is 28.4 Å². The molecule has 2 aliphatic heterocycles. The number of carbonyl (C=O) groups excluding carboxylic acids is 1. The van der Waals surface area contributed by atoms with Crippen LogP contribution in [0.5, 0.6) is 0 Å². The van der Waals surface area contributed by atoms with Crippen LogP contribution in [-0.4, -0.2) is 55.4 Å². The number of alkyl halides is 3. The van der Waals surface area contributed by atoms with Crippen molar-refractivity contribution in [3.05, 3.63) is 76.6 Å². The molecule has 1 fully saturated rings. The average Bonchev–Trinajstić information content (AvgIpc) is 3.32. The second-order valence-electron chi connectivity index (χ2n) is 8.03. The lowest BCUT2D eigenvalue weighted by atomic mass is 10.0. The van der Waals surface area contributed by atoms with Gasteiger partial charge in [0, 0.05) is 24.9 Å². The van der Waals surface area contributed by atoms with Crippen molar-refractivity contribution in [1.82, 2.24) is 10.2 Å². The van der Waals surface area contributed by atoms with Crippen LogP contribution >= 0.6 is 11.6 Å². The molecule has 5 nitrogen and oxygen atoms in total. The van der Waals surface area contributed by atoms with Gasteiger partial charge in [-0.3, -0.25) is 4.79 Å². The van der Waals surface area contributed by atoms with Crippen molar-refractivity contribution in [1.29, 1.82) is 0 Å². The molecule has 1 saturated heterocycles. The van der Waals surface area contributed by atoms with E-state index in [4.69, 9.17) is 11.6 Å². The van der Waals surface area contributed by atoms with Crippen LogP contribution in [0.15, 0.2) is 65.4 Å². The fourth-order valence-electron chi connectivity index (χ4n) is 3.95. The number of likely N-dealkylation sites (tertiary alicyclic amines) is 1. The highest BCUT2D eigenvalue weighted by atomic mass is 35.5. The van der Waals surface area contributed by atoms with Gasteiger partial charge in [-0.05, 0) is 55.8 Å². The molecule has 174 valence electrons. The predicted molar refractivity (Wildman–Crippen MR) is 124 cm³/mol. The zero-order chi connectivity index (χ0) is 23.4. The normalized spacial score (nSPS) is 17.0. The van der Waals surface area contributed by atoms with Crippen molar-refractivity contribution in [3.8, 4) is 0 Å². The molecule has 33 heavy (non-hydrogen) atoms. The maximum absolute atomic E-state index is 13.5. The first-order chi connectivity index (χ1) is 15.8. The standard InChI is InChI=1S/C24H24ClF3N4O/c25-19-5-1-2-6-21(19)32-15-20(30-22(16-32)24(26,27)28)17-7-9-18(10-8-17)23(33)29-11-14-31-12-3-4-13-31/h1-2,5-10,16H,3-4,11-15H2,(H,29,33). The molecular formula is C24H24ClF3N4O. The van der Waals surface area contributed by atoms with Crippen LogP contribution in [0.3, 0.4) is 0 Å². The zero-order valence-corrected chi connectivity index (χ0v) is 18.7. The molecule has 1 amide bonds. The minimum Gasteiger partial charge on any atom is -0.351 e. The number of aliphatic imine (C=N–C) groups is 1. The molecule has 2 aromatic carbocycles. The van der Waals surface area contributed by atoms with Crippen molar-refractivity contribution >= 4 is 28.9 Å². The lowest BCUT2D eigenvalue weighted by Crippen LogP contribution is -2.33. The molecule has 2 aromatic rings. The van der Waals surface area contributed by atoms with Crippen molar-refractivity contribution in [2.75, 3.05) is 37.6 Å². The van der Waals surface area contributed by atoms with Gasteiger partial charge in [0.2, 0.25) is 0 Å². The third kappa shape index (κ3) is 5.75. The van der Waals surface area contributed by atoms with Crippen LogP contribution in [0.1, 0.15) is 28.8 Å². The molecule has 0 spiro atoms. The van der Waals surface area contributed by atoms with Gasteiger partial charge in [0.05, 0.1) is 23.0 Å². The van der Waals surface area contributed by atoms with E-state index in [2.05, 4.69) is 15.2 Å². The van der Waals surface area contributed by atoms with E-state index in [0.717, 1.165) is 25.8 Å². The monoisotopic (exact) mass is 476 g/mol. The Morgan fingerprint density at radius 2 is 1.76 bits per heavy atom. The number of nitrogens with one attached hydrogen (secondary N) is 1. The Hall–Kier alpha value is -2.84. The van der Waals surface area contributed by atoms with Crippen molar-refractivity contribution < 1.29 is 18.0 Å². The van der Waals surface area contributed by atoms with E-state index in [1.807, 2.05) is 0 Å². The van der Waals surface area contributed by atoms with Crippen LogP contribution in [0.2, 0.25) is 5.02 Å². The van der Waals surface area contributed by atoms with Gasteiger partial charge >= 0.3 is 6.18 Å². The minimum absolute atomic E-state index is 0.116. The summed E-state index contributed by atoms with van der Waals surface area (Å²) in [5.41, 5.74) is 0.655. The molecule has 0 aromatic heterocycles. The second-order valence-corrected chi connectivity index (χ2v) is 8.44. The fraction of sp³-hybridized carbons (Fsp3) is 0.333. The van der Waals surface area contributed by atoms with E-state index in [1.165, 1.54) is 17.7 Å². The first-order valence-electron chi connectivity index (χ1n) is 10.8. The summed E-state index contributed by atoms with van der Waals surface area (Å²) >= 11 is 6.21. The van der Waals surface area contributed by atoms with Crippen molar-refractivity contribution in [3.63, 3.8) is 0 Å². The molecular weight excluding hydrogens is 453 g/mol. The number of halogens is 4. The number of carbonyl (C=O) groups is 1. The van der Waals surface area contributed by atoms with Gasteiger partial charge in [0.15, 0.2) is 5.70 Å². The summed E-state index contributed by atoms with van der Waals surface area (Å²) < 4.78 is 40.6. The molecule has 9 heteroatoms. The Morgan fingerprint density at radius 3 is 2.42 bits per heavy atom. The van der Waals surface area contributed by atoms with Gasteiger partial charge in [-0.25, -0.2) is 4.99 Å². The molecule has 2 heterocycles. The maximum Gasteiger partial charge on any atom is 0.434 e. The first-order valence-corrected chi connectivity index (χ1v) is 11.2. The van der Waals surface area contributed by atoms with Crippen molar-refractivity contribution in [2.45, 2.75) is 19.0 Å². The van der Waals surface area contributed by atoms with Gasteiger partial charge < -0.3 is 15.1 Å². The summed E-state index contributed by atoms with van der Waals surface area (Å²) in [7, 11) is 0.